The van der Waals surface area contributed by atoms with E-state index in [0.717, 1.165) is 29.0 Å². The summed E-state index contributed by atoms with van der Waals surface area (Å²) in [5.41, 5.74) is 3.57. The monoisotopic (exact) mass is 280 g/mol. The molecule has 0 aliphatic heterocycles. The van der Waals surface area contributed by atoms with Crippen LogP contribution in [0.5, 0.6) is 0 Å². The molecule has 2 aromatic carbocycles. The molecule has 1 N–H and O–H groups in total. The topological polar surface area (TPSA) is 20.7 Å². The third kappa shape index (κ3) is 2.89. The molecule has 1 aromatic heterocycles. The Bertz CT molecular complexity index is 726. The molecule has 0 atom stereocenters. The molecular formula is C17H16N2S. The van der Waals surface area contributed by atoms with E-state index in [1.807, 2.05) is 24.3 Å². The van der Waals surface area contributed by atoms with Crippen LogP contribution in [-0.2, 0) is 13.0 Å². The molecule has 0 radical (unpaired) electrons. The lowest BCUT2D eigenvalue weighted by Crippen LogP contribution is -1.99. The van der Waals surface area contributed by atoms with Gasteiger partial charge in [0, 0.05) is 12.7 Å². The zero-order valence-corrected chi connectivity index (χ0v) is 11.9. The summed E-state index contributed by atoms with van der Waals surface area (Å²) in [6, 6.07) is 20.7. The van der Waals surface area contributed by atoms with Crippen molar-refractivity contribution in [1.82, 2.24) is 9.55 Å². The van der Waals surface area contributed by atoms with Gasteiger partial charge in [-0.25, -0.2) is 0 Å². The molecular weight excluding hydrogens is 264 g/mol. The summed E-state index contributed by atoms with van der Waals surface area (Å²) in [5, 5.41) is 0. The zero-order valence-electron chi connectivity index (χ0n) is 11.1. The average Bonchev–Trinajstić information content (AvgIpc) is 2.88. The van der Waals surface area contributed by atoms with Crippen LogP contribution in [0.2, 0.25) is 0 Å². The van der Waals surface area contributed by atoms with Crippen molar-refractivity contribution in [3.63, 3.8) is 0 Å². The molecule has 0 saturated carbocycles. The highest BCUT2D eigenvalue weighted by molar-refractivity contribution is 7.71. The van der Waals surface area contributed by atoms with Crippen LogP contribution in [0.15, 0.2) is 66.9 Å². The molecule has 3 heteroatoms. The van der Waals surface area contributed by atoms with E-state index in [-0.39, 0.29) is 0 Å². The van der Waals surface area contributed by atoms with E-state index in [9.17, 15) is 0 Å². The van der Waals surface area contributed by atoms with Crippen LogP contribution in [0.3, 0.4) is 0 Å². The first kappa shape index (κ1) is 12.9. The summed E-state index contributed by atoms with van der Waals surface area (Å²) in [5.74, 6) is 0. The van der Waals surface area contributed by atoms with Crippen molar-refractivity contribution < 1.29 is 0 Å². The largest absolute Gasteiger partial charge is 0.331 e. The molecule has 0 saturated heterocycles. The molecule has 2 nitrogen and oxygen atoms in total. The number of aromatic amines is 1. The van der Waals surface area contributed by atoms with Crippen molar-refractivity contribution in [2.45, 2.75) is 13.0 Å². The third-order valence-electron chi connectivity index (χ3n) is 3.36. The fourth-order valence-corrected chi connectivity index (χ4v) is 2.51. The molecule has 3 rings (SSSR count). The van der Waals surface area contributed by atoms with E-state index in [1.165, 1.54) is 5.56 Å². The lowest BCUT2D eigenvalue weighted by Gasteiger charge is -2.02. The van der Waals surface area contributed by atoms with Crippen molar-refractivity contribution in [3.8, 4) is 11.3 Å². The zero-order chi connectivity index (χ0) is 13.8. The SMILES string of the molecule is S=c1[nH]c(-c2ccccc2)cn1CCc1ccccc1. The van der Waals surface area contributed by atoms with Crippen LogP contribution in [0, 0.1) is 4.77 Å². The number of hydrogen-bond donors (Lipinski definition) is 1. The molecule has 0 fully saturated rings. The summed E-state index contributed by atoms with van der Waals surface area (Å²) < 4.78 is 2.88. The first-order chi connectivity index (χ1) is 9.83. The number of aryl methyl sites for hydroxylation is 2. The van der Waals surface area contributed by atoms with Crippen molar-refractivity contribution in [1.29, 1.82) is 0 Å². The van der Waals surface area contributed by atoms with Gasteiger partial charge in [-0.2, -0.15) is 0 Å². The molecule has 0 spiro atoms. The summed E-state index contributed by atoms with van der Waals surface area (Å²) in [6.45, 7) is 0.895. The second-order valence-corrected chi connectivity index (χ2v) is 5.15. The van der Waals surface area contributed by atoms with Gasteiger partial charge in [0.1, 0.15) is 0 Å². The van der Waals surface area contributed by atoms with E-state index in [0.29, 0.717) is 0 Å². The fourth-order valence-electron chi connectivity index (χ4n) is 2.26. The van der Waals surface area contributed by atoms with Gasteiger partial charge in [0.2, 0.25) is 0 Å². The normalized spacial score (nSPS) is 10.6. The van der Waals surface area contributed by atoms with E-state index < -0.39 is 0 Å². The van der Waals surface area contributed by atoms with Crippen LogP contribution in [-0.4, -0.2) is 9.55 Å². The molecule has 0 bridgehead atoms. The van der Waals surface area contributed by atoms with Crippen LogP contribution in [0.1, 0.15) is 5.56 Å². The fraction of sp³-hybridized carbons (Fsp3) is 0.118. The van der Waals surface area contributed by atoms with Crippen molar-refractivity contribution in [2.24, 2.45) is 0 Å². The Balaban J connectivity index is 1.78. The smallest absolute Gasteiger partial charge is 0.177 e. The van der Waals surface area contributed by atoms with Gasteiger partial charge in [0.05, 0.1) is 5.69 Å². The summed E-state index contributed by atoms with van der Waals surface area (Å²) in [4.78, 5) is 3.27. The Morgan fingerprint density at radius 1 is 0.900 bits per heavy atom. The molecule has 0 aliphatic carbocycles. The summed E-state index contributed by atoms with van der Waals surface area (Å²) in [7, 11) is 0. The average molecular weight is 280 g/mol. The predicted octanol–water partition coefficient (Wildman–Crippen LogP) is 4.46. The summed E-state index contributed by atoms with van der Waals surface area (Å²) >= 11 is 5.40. The molecule has 20 heavy (non-hydrogen) atoms. The first-order valence-corrected chi connectivity index (χ1v) is 7.12. The number of hydrogen-bond acceptors (Lipinski definition) is 1. The number of benzene rings is 2. The van der Waals surface area contributed by atoms with E-state index in [4.69, 9.17) is 12.2 Å². The number of rotatable bonds is 4. The van der Waals surface area contributed by atoms with Gasteiger partial charge in [-0.3, -0.25) is 0 Å². The van der Waals surface area contributed by atoms with E-state index >= 15 is 0 Å². The number of nitrogens with one attached hydrogen (secondary N) is 1. The molecule has 1 heterocycles. The maximum atomic E-state index is 5.40. The quantitative estimate of drug-likeness (QED) is 0.700. The number of aromatic nitrogens is 2. The first-order valence-electron chi connectivity index (χ1n) is 6.72. The number of H-pyrrole nitrogens is 1. The molecule has 3 aromatic rings. The second kappa shape index (κ2) is 5.88. The minimum Gasteiger partial charge on any atom is -0.331 e. The van der Waals surface area contributed by atoms with Crippen molar-refractivity contribution in [2.75, 3.05) is 0 Å². The molecule has 0 aliphatic rings. The minimum absolute atomic E-state index is 0.778. The van der Waals surface area contributed by atoms with Crippen molar-refractivity contribution >= 4 is 12.2 Å². The third-order valence-corrected chi connectivity index (χ3v) is 3.69. The standard InChI is InChI=1S/C17H16N2S/c20-17-18-16(15-9-5-2-6-10-15)13-19(17)12-11-14-7-3-1-4-8-14/h1-10,13H,11-12H2,(H,18,20). The highest BCUT2D eigenvalue weighted by Crippen LogP contribution is 2.17. The van der Waals surface area contributed by atoms with Crippen LogP contribution in [0.25, 0.3) is 11.3 Å². The highest BCUT2D eigenvalue weighted by atomic mass is 32.1. The van der Waals surface area contributed by atoms with Crippen molar-refractivity contribution in [3.05, 3.63) is 77.2 Å². The second-order valence-electron chi connectivity index (χ2n) is 4.77. The predicted molar refractivity (Wildman–Crippen MR) is 85.2 cm³/mol. The van der Waals surface area contributed by atoms with Gasteiger partial charge in [0.25, 0.3) is 0 Å². The lowest BCUT2D eigenvalue weighted by molar-refractivity contribution is 0.687. The molecule has 0 amide bonds. The maximum absolute atomic E-state index is 5.40. The number of nitrogens with zero attached hydrogens (tertiary/aromatic N) is 1. The van der Waals surface area contributed by atoms with Gasteiger partial charge in [-0.15, -0.1) is 0 Å². The highest BCUT2D eigenvalue weighted by Gasteiger charge is 2.03. The molecule has 100 valence electrons. The van der Waals surface area contributed by atoms with Crippen LogP contribution < -0.4 is 0 Å². The van der Waals surface area contributed by atoms with Gasteiger partial charge in [-0.05, 0) is 29.8 Å². The minimum atomic E-state index is 0.778. The van der Waals surface area contributed by atoms with Gasteiger partial charge >= 0.3 is 0 Å². The van der Waals surface area contributed by atoms with E-state index in [1.54, 1.807) is 0 Å². The number of imidazole rings is 1. The van der Waals surface area contributed by atoms with Gasteiger partial charge in [0.15, 0.2) is 4.77 Å². The van der Waals surface area contributed by atoms with Crippen LogP contribution in [0.4, 0.5) is 0 Å². The lowest BCUT2D eigenvalue weighted by atomic mass is 10.1. The van der Waals surface area contributed by atoms with Gasteiger partial charge in [-0.1, -0.05) is 60.7 Å². The van der Waals surface area contributed by atoms with E-state index in [2.05, 4.69) is 52.1 Å². The Morgan fingerprint density at radius 2 is 1.55 bits per heavy atom. The Morgan fingerprint density at radius 3 is 2.25 bits per heavy atom. The van der Waals surface area contributed by atoms with Crippen LogP contribution >= 0.6 is 12.2 Å². The van der Waals surface area contributed by atoms with Gasteiger partial charge < -0.3 is 9.55 Å². The molecule has 0 unspecified atom stereocenters. The summed E-state index contributed by atoms with van der Waals surface area (Å²) in [6.07, 6.45) is 3.09. The maximum Gasteiger partial charge on any atom is 0.177 e. The Hall–Kier alpha value is -2.13. The Labute approximate surface area is 123 Å². The Kier molecular flexibility index (Phi) is 3.79.